The van der Waals surface area contributed by atoms with E-state index in [1.165, 1.54) is 4.90 Å². The lowest BCUT2D eigenvalue weighted by Crippen LogP contribution is -2.39. The van der Waals surface area contributed by atoms with Crippen LogP contribution in [0.3, 0.4) is 0 Å². The maximum atomic E-state index is 12.4. The maximum Gasteiger partial charge on any atom is 0.313 e. The number of pyridine rings is 1. The normalized spacial score (nSPS) is 9.83. The third-order valence-electron chi connectivity index (χ3n) is 3.15. The number of nitrogens with zero attached hydrogens (tertiary/aromatic N) is 3. The Bertz CT molecular complexity index is 759. The first-order valence-electron chi connectivity index (χ1n) is 7.22. The van der Waals surface area contributed by atoms with Crippen LogP contribution < -0.4 is 5.32 Å². The summed E-state index contributed by atoms with van der Waals surface area (Å²) in [5.74, 6) is -1.49. The number of halogens is 1. The van der Waals surface area contributed by atoms with Gasteiger partial charge < -0.3 is 10.2 Å². The Hall–Kier alpha value is -2.91. The van der Waals surface area contributed by atoms with E-state index < -0.39 is 11.8 Å². The van der Waals surface area contributed by atoms with E-state index in [1.54, 1.807) is 48.8 Å². The third kappa shape index (κ3) is 5.07. The molecule has 24 heavy (non-hydrogen) atoms. The van der Waals surface area contributed by atoms with Gasteiger partial charge in [-0.25, -0.2) is 0 Å². The van der Waals surface area contributed by atoms with E-state index in [1.807, 2.05) is 6.07 Å². The fourth-order valence-electron chi connectivity index (χ4n) is 2.04. The van der Waals surface area contributed by atoms with E-state index in [0.717, 1.165) is 5.56 Å². The molecule has 0 aliphatic carbocycles. The first-order chi connectivity index (χ1) is 11.6. The minimum absolute atomic E-state index is 0.135. The molecule has 6 nitrogen and oxygen atoms in total. The molecule has 1 aromatic heterocycles. The zero-order valence-corrected chi connectivity index (χ0v) is 13.5. The smallest absolute Gasteiger partial charge is 0.313 e. The van der Waals surface area contributed by atoms with Gasteiger partial charge in [-0.3, -0.25) is 14.6 Å². The molecular formula is C17H15ClN4O2. The Labute approximate surface area is 144 Å². The van der Waals surface area contributed by atoms with Crippen molar-refractivity contribution in [3.63, 3.8) is 0 Å². The maximum absolute atomic E-state index is 12.4. The monoisotopic (exact) mass is 342 g/mol. The van der Waals surface area contributed by atoms with Crippen molar-refractivity contribution in [3.8, 4) is 6.07 Å². The van der Waals surface area contributed by atoms with Gasteiger partial charge in [0, 0.05) is 36.2 Å². The number of nitriles is 1. The van der Waals surface area contributed by atoms with Crippen LogP contribution in [0.4, 0.5) is 5.69 Å². The highest BCUT2D eigenvalue weighted by Gasteiger charge is 2.22. The molecule has 2 amide bonds. The molecule has 0 atom stereocenters. The second kappa shape index (κ2) is 8.65. The van der Waals surface area contributed by atoms with Crippen molar-refractivity contribution in [1.29, 1.82) is 5.26 Å². The molecule has 2 aromatic rings. The van der Waals surface area contributed by atoms with E-state index in [9.17, 15) is 9.59 Å². The van der Waals surface area contributed by atoms with Crippen LogP contribution in [0.15, 0.2) is 48.8 Å². The highest BCUT2D eigenvalue weighted by atomic mass is 35.5. The molecule has 2 rings (SSSR count). The Balaban J connectivity index is 2.08. The van der Waals surface area contributed by atoms with Crippen LogP contribution in [0.1, 0.15) is 12.0 Å². The molecule has 0 radical (unpaired) electrons. The molecule has 0 unspecified atom stereocenters. The zero-order chi connectivity index (χ0) is 17.4. The molecule has 7 heteroatoms. The topological polar surface area (TPSA) is 86.1 Å². The van der Waals surface area contributed by atoms with Crippen molar-refractivity contribution in [2.75, 3.05) is 11.9 Å². The Kier molecular flexibility index (Phi) is 6.29. The van der Waals surface area contributed by atoms with Crippen LogP contribution in [0, 0.1) is 11.3 Å². The molecule has 1 heterocycles. The number of carbonyl (C=O) groups is 2. The number of carbonyl (C=O) groups excluding carboxylic acids is 2. The van der Waals surface area contributed by atoms with Gasteiger partial charge in [0.25, 0.3) is 0 Å². The average Bonchev–Trinajstić information content (AvgIpc) is 2.59. The van der Waals surface area contributed by atoms with Gasteiger partial charge in [-0.05, 0) is 29.8 Å². The summed E-state index contributed by atoms with van der Waals surface area (Å²) in [7, 11) is 0. The summed E-state index contributed by atoms with van der Waals surface area (Å²) in [6.45, 7) is 0.366. The molecule has 0 bridgehead atoms. The number of nitrogens with one attached hydrogen (secondary N) is 1. The standard InChI is InChI=1S/C17H15ClN4O2/c18-14-5-1-6-15(10-14)21-16(23)17(24)22(9-3-7-19)12-13-4-2-8-20-11-13/h1-2,4-6,8,10-11H,3,9,12H2,(H,21,23). The van der Waals surface area contributed by atoms with Crippen LogP contribution in [0.2, 0.25) is 5.02 Å². The van der Waals surface area contributed by atoms with E-state index in [2.05, 4.69) is 10.3 Å². The van der Waals surface area contributed by atoms with Crippen LogP contribution in [0.25, 0.3) is 0 Å². The summed E-state index contributed by atoms with van der Waals surface area (Å²) >= 11 is 5.86. The SMILES string of the molecule is N#CCCN(Cc1cccnc1)C(=O)C(=O)Nc1cccc(Cl)c1. The van der Waals surface area contributed by atoms with Gasteiger partial charge in [0.15, 0.2) is 0 Å². The molecule has 0 saturated carbocycles. The Morgan fingerprint density at radius 2 is 2.12 bits per heavy atom. The quantitative estimate of drug-likeness (QED) is 0.846. The summed E-state index contributed by atoms with van der Waals surface area (Å²) in [6, 6.07) is 12.0. The molecule has 1 N–H and O–H groups in total. The predicted octanol–water partition coefficient (Wildman–Crippen LogP) is 2.62. The van der Waals surface area contributed by atoms with Crippen molar-refractivity contribution in [1.82, 2.24) is 9.88 Å². The lowest BCUT2D eigenvalue weighted by Gasteiger charge is -2.21. The second-order valence-electron chi connectivity index (χ2n) is 4.96. The number of amides is 2. The van der Waals surface area contributed by atoms with Crippen LogP contribution in [0.5, 0.6) is 0 Å². The molecular weight excluding hydrogens is 328 g/mol. The van der Waals surface area contributed by atoms with Gasteiger partial charge in [-0.15, -0.1) is 0 Å². The van der Waals surface area contributed by atoms with Gasteiger partial charge in [0.1, 0.15) is 0 Å². The number of anilines is 1. The minimum Gasteiger partial charge on any atom is -0.329 e. The Morgan fingerprint density at radius 3 is 2.79 bits per heavy atom. The largest absolute Gasteiger partial charge is 0.329 e. The molecule has 0 aliphatic rings. The number of rotatable bonds is 5. The Morgan fingerprint density at radius 1 is 1.29 bits per heavy atom. The molecule has 122 valence electrons. The minimum atomic E-state index is -0.779. The summed E-state index contributed by atoms with van der Waals surface area (Å²) in [4.78, 5) is 29.9. The molecule has 0 spiro atoms. The molecule has 0 fully saturated rings. The molecule has 0 saturated heterocycles. The molecule has 1 aromatic carbocycles. The zero-order valence-electron chi connectivity index (χ0n) is 12.8. The number of hydrogen-bond donors (Lipinski definition) is 1. The van der Waals surface area contributed by atoms with Crippen LogP contribution in [-0.4, -0.2) is 28.2 Å². The van der Waals surface area contributed by atoms with E-state index >= 15 is 0 Å². The fraction of sp³-hybridized carbons (Fsp3) is 0.176. The van der Waals surface area contributed by atoms with E-state index in [4.69, 9.17) is 16.9 Å². The summed E-state index contributed by atoms with van der Waals surface area (Å²) in [5, 5.41) is 11.7. The molecule has 0 aliphatic heterocycles. The van der Waals surface area contributed by atoms with E-state index in [0.29, 0.717) is 10.7 Å². The van der Waals surface area contributed by atoms with Gasteiger partial charge >= 0.3 is 11.8 Å². The highest BCUT2D eigenvalue weighted by Crippen LogP contribution is 2.15. The number of hydrogen-bond acceptors (Lipinski definition) is 4. The third-order valence-corrected chi connectivity index (χ3v) is 3.39. The van der Waals surface area contributed by atoms with Gasteiger partial charge in [-0.1, -0.05) is 23.7 Å². The number of benzene rings is 1. The fourth-order valence-corrected chi connectivity index (χ4v) is 2.23. The lowest BCUT2D eigenvalue weighted by atomic mass is 10.2. The van der Waals surface area contributed by atoms with Gasteiger partial charge in [0.2, 0.25) is 0 Å². The van der Waals surface area contributed by atoms with Crippen molar-refractivity contribution < 1.29 is 9.59 Å². The predicted molar refractivity (Wildman–Crippen MR) is 90.0 cm³/mol. The van der Waals surface area contributed by atoms with Gasteiger partial charge in [-0.2, -0.15) is 5.26 Å². The summed E-state index contributed by atoms with van der Waals surface area (Å²) in [5.41, 5.74) is 1.21. The summed E-state index contributed by atoms with van der Waals surface area (Å²) < 4.78 is 0. The lowest BCUT2D eigenvalue weighted by molar-refractivity contribution is -0.143. The van der Waals surface area contributed by atoms with Crippen molar-refractivity contribution >= 4 is 29.1 Å². The summed E-state index contributed by atoms with van der Waals surface area (Å²) in [6.07, 6.45) is 3.37. The second-order valence-corrected chi connectivity index (χ2v) is 5.40. The van der Waals surface area contributed by atoms with Gasteiger partial charge in [0.05, 0.1) is 12.5 Å². The number of aromatic nitrogens is 1. The highest BCUT2D eigenvalue weighted by molar-refractivity contribution is 6.39. The first kappa shape index (κ1) is 17.4. The van der Waals surface area contributed by atoms with Crippen molar-refractivity contribution in [3.05, 3.63) is 59.4 Å². The van der Waals surface area contributed by atoms with Crippen molar-refractivity contribution in [2.45, 2.75) is 13.0 Å². The first-order valence-corrected chi connectivity index (χ1v) is 7.59. The van der Waals surface area contributed by atoms with E-state index in [-0.39, 0.29) is 19.5 Å². The van der Waals surface area contributed by atoms with Crippen molar-refractivity contribution in [2.24, 2.45) is 0 Å². The van der Waals surface area contributed by atoms with Crippen LogP contribution >= 0.6 is 11.6 Å². The average molecular weight is 343 g/mol. The van der Waals surface area contributed by atoms with Crippen LogP contribution in [-0.2, 0) is 16.1 Å².